The van der Waals surface area contributed by atoms with Crippen LogP contribution in [0.4, 0.5) is 18.9 Å². The Labute approximate surface area is 120 Å². The molecule has 0 amide bonds. The molecule has 1 aromatic rings. The first-order valence-electron chi connectivity index (χ1n) is 6.77. The summed E-state index contributed by atoms with van der Waals surface area (Å²) in [4.78, 5) is 1.89. The number of aliphatic hydroxyl groups is 1. The predicted molar refractivity (Wildman–Crippen MR) is 74.5 cm³/mol. The predicted octanol–water partition coefficient (Wildman–Crippen LogP) is 2.34. The monoisotopic (exact) mass is 301 g/mol. The van der Waals surface area contributed by atoms with E-state index >= 15 is 0 Å². The first kappa shape index (κ1) is 15.6. The Kier molecular flexibility index (Phi) is 4.41. The maximum atomic E-state index is 12.9. The highest BCUT2D eigenvalue weighted by Crippen LogP contribution is 2.35. The molecule has 4 N–H and O–H groups in total. The van der Waals surface area contributed by atoms with Gasteiger partial charge in [-0.05, 0) is 37.5 Å². The summed E-state index contributed by atoms with van der Waals surface area (Å²) in [5, 5.41) is 16.8. The molecule has 0 aliphatic carbocycles. The molecule has 21 heavy (non-hydrogen) atoms. The van der Waals surface area contributed by atoms with E-state index in [0.29, 0.717) is 12.2 Å². The van der Waals surface area contributed by atoms with Crippen LogP contribution in [0.3, 0.4) is 0 Å². The number of alkyl halides is 3. The van der Waals surface area contributed by atoms with Gasteiger partial charge in [0.05, 0.1) is 18.2 Å². The van der Waals surface area contributed by atoms with Crippen LogP contribution in [0.25, 0.3) is 0 Å². The summed E-state index contributed by atoms with van der Waals surface area (Å²) in [6.07, 6.45) is -1.83. The molecule has 0 aromatic heterocycles. The molecule has 4 nitrogen and oxygen atoms in total. The number of nitrogens with two attached hydrogens (primary N) is 1. The van der Waals surface area contributed by atoms with Gasteiger partial charge in [0.1, 0.15) is 5.84 Å². The Morgan fingerprint density at radius 2 is 2.10 bits per heavy atom. The van der Waals surface area contributed by atoms with Crippen LogP contribution in [-0.2, 0) is 6.18 Å². The number of nitrogens with one attached hydrogen (secondary N) is 1. The summed E-state index contributed by atoms with van der Waals surface area (Å²) in [5.41, 5.74) is 4.63. The van der Waals surface area contributed by atoms with Gasteiger partial charge in [-0.3, -0.25) is 5.41 Å². The van der Waals surface area contributed by atoms with Gasteiger partial charge in [-0.2, -0.15) is 13.2 Å². The molecule has 1 fully saturated rings. The van der Waals surface area contributed by atoms with E-state index in [1.54, 1.807) is 0 Å². The van der Waals surface area contributed by atoms with E-state index < -0.39 is 17.6 Å². The number of rotatable bonds is 3. The molecule has 1 atom stereocenters. The second-order valence-corrected chi connectivity index (χ2v) is 5.17. The smallest absolute Gasteiger partial charge is 0.394 e. The summed E-state index contributed by atoms with van der Waals surface area (Å²) in [5.74, 6) is -0.610. The molecular weight excluding hydrogens is 283 g/mol. The van der Waals surface area contributed by atoms with Crippen molar-refractivity contribution in [2.45, 2.75) is 31.5 Å². The lowest BCUT2D eigenvalue weighted by molar-refractivity contribution is -0.137. The van der Waals surface area contributed by atoms with Crippen molar-refractivity contribution in [2.24, 2.45) is 5.73 Å². The van der Waals surface area contributed by atoms with E-state index in [1.807, 2.05) is 4.90 Å². The van der Waals surface area contributed by atoms with Crippen molar-refractivity contribution in [1.82, 2.24) is 0 Å². The second kappa shape index (κ2) is 5.93. The molecule has 116 valence electrons. The molecule has 1 aliphatic heterocycles. The van der Waals surface area contributed by atoms with Crippen molar-refractivity contribution in [3.8, 4) is 0 Å². The number of nitrogen functional groups attached to an aromatic ring is 1. The number of piperidine rings is 1. The first-order chi connectivity index (χ1) is 9.84. The van der Waals surface area contributed by atoms with Crippen molar-refractivity contribution in [2.75, 3.05) is 18.1 Å². The summed E-state index contributed by atoms with van der Waals surface area (Å²) in [6.45, 7) is 0.629. The largest absolute Gasteiger partial charge is 0.417 e. The maximum absolute atomic E-state index is 12.9. The lowest BCUT2D eigenvalue weighted by Crippen LogP contribution is -2.42. The highest BCUT2D eigenvalue weighted by Gasteiger charge is 2.34. The molecule has 1 aromatic carbocycles. The standard InChI is InChI=1S/C14H18F3N3O/c15-14(16,17)12-5-4-9(7-11(12)13(18)19)20-6-2-1-3-10(20)8-21/h4-5,7,10,21H,1-3,6,8H2,(H3,18,19). The third-order valence-electron chi connectivity index (χ3n) is 3.77. The van der Waals surface area contributed by atoms with Crippen LogP contribution in [0.5, 0.6) is 0 Å². The van der Waals surface area contributed by atoms with Crippen molar-refractivity contribution < 1.29 is 18.3 Å². The number of aliphatic hydroxyl groups excluding tert-OH is 1. The third-order valence-corrected chi connectivity index (χ3v) is 3.77. The highest BCUT2D eigenvalue weighted by molar-refractivity contribution is 5.97. The molecule has 0 radical (unpaired) electrons. The average Bonchev–Trinajstić information content (AvgIpc) is 2.45. The highest BCUT2D eigenvalue weighted by atomic mass is 19.4. The number of hydrogen-bond acceptors (Lipinski definition) is 3. The van der Waals surface area contributed by atoms with Crippen LogP contribution in [0.15, 0.2) is 18.2 Å². The summed E-state index contributed by atoms with van der Waals surface area (Å²) < 4.78 is 38.8. The van der Waals surface area contributed by atoms with Crippen LogP contribution >= 0.6 is 0 Å². The number of anilines is 1. The fourth-order valence-corrected chi connectivity index (χ4v) is 2.71. The van der Waals surface area contributed by atoms with Gasteiger partial charge >= 0.3 is 6.18 Å². The number of amidine groups is 1. The van der Waals surface area contributed by atoms with E-state index in [-0.39, 0.29) is 18.2 Å². The van der Waals surface area contributed by atoms with Crippen LogP contribution in [0.1, 0.15) is 30.4 Å². The average molecular weight is 301 g/mol. The van der Waals surface area contributed by atoms with Gasteiger partial charge in [0.25, 0.3) is 0 Å². The van der Waals surface area contributed by atoms with E-state index in [2.05, 4.69) is 0 Å². The summed E-state index contributed by atoms with van der Waals surface area (Å²) in [6, 6.07) is 3.52. The van der Waals surface area contributed by atoms with Crippen molar-refractivity contribution in [3.63, 3.8) is 0 Å². The number of nitrogens with zero attached hydrogens (tertiary/aromatic N) is 1. The zero-order chi connectivity index (χ0) is 15.6. The summed E-state index contributed by atoms with van der Waals surface area (Å²) >= 11 is 0. The van der Waals surface area contributed by atoms with Crippen molar-refractivity contribution in [3.05, 3.63) is 29.3 Å². The van der Waals surface area contributed by atoms with E-state index in [9.17, 15) is 18.3 Å². The van der Waals surface area contributed by atoms with Gasteiger partial charge in [-0.1, -0.05) is 0 Å². The van der Waals surface area contributed by atoms with Gasteiger partial charge in [-0.15, -0.1) is 0 Å². The fourth-order valence-electron chi connectivity index (χ4n) is 2.71. The molecule has 1 saturated heterocycles. The Bertz CT molecular complexity index is 531. The zero-order valence-corrected chi connectivity index (χ0v) is 11.5. The molecule has 1 aliphatic rings. The quantitative estimate of drug-likeness (QED) is 0.592. The van der Waals surface area contributed by atoms with E-state index in [4.69, 9.17) is 11.1 Å². The molecule has 0 bridgehead atoms. The maximum Gasteiger partial charge on any atom is 0.417 e. The zero-order valence-electron chi connectivity index (χ0n) is 11.5. The Hall–Kier alpha value is -1.76. The Morgan fingerprint density at radius 1 is 1.38 bits per heavy atom. The second-order valence-electron chi connectivity index (χ2n) is 5.17. The minimum Gasteiger partial charge on any atom is -0.394 e. The van der Waals surface area contributed by atoms with Crippen LogP contribution in [0, 0.1) is 5.41 Å². The Balaban J connectivity index is 2.42. The lowest BCUT2D eigenvalue weighted by atomic mass is 9.99. The van der Waals surface area contributed by atoms with Crippen LogP contribution < -0.4 is 10.6 Å². The van der Waals surface area contributed by atoms with Gasteiger partial charge in [0, 0.05) is 17.8 Å². The molecule has 0 spiro atoms. The topological polar surface area (TPSA) is 73.3 Å². The number of halogens is 3. The van der Waals surface area contributed by atoms with Crippen LogP contribution in [-0.4, -0.2) is 30.1 Å². The minimum absolute atomic E-state index is 0.0452. The van der Waals surface area contributed by atoms with Gasteiger partial charge in [-0.25, -0.2) is 0 Å². The SMILES string of the molecule is N=C(N)c1cc(N2CCCCC2CO)ccc1C(F)(F)F. The molecule has 0 saturated carbocycles. The normalized spacial score (nSPS) is 19.6. The van der Waals surface area contributed by atoms with Gasteiger partial charge < -0.3 is 15.7 Å². The van der Waals surface area contributed by atoms with Crippen molar-refractivity contribution >= 4 is 11.5 Å². The molecule has 1 unspecified atom stereocenters. The Morgan fingerprint density at radius 3 is 2.67 bits per heavy atom. The minimum atomic E-state index is -4.54. The first-order valence-corrected chi connectivity index (χ1v) is 6.77. The number of benzene rings is 1. The molecule has 1 heterocycles. The van der Waals surface area contributed by atoms with Gasteiger partial charge in [0.15, 0.2) is 0 Å². The van der Waals surface area contributed by atoms with E-state index in [1.165, 1.54) is 12.1 Å². The van der Waals surface area contributed by atoms with Crippen molar-refractivity contribution in [1.29, 1.82) is 5.41 Å². The summed E-state index contributed by atoms with van der Waals surface area (Å²) in [7, 11) is 0. The number of hydrogen-bond donors (Lipinski definition) is 3. The molecular formula is C14H18F3N3O. The molecule has 7 heteroatoms. The third kappa shape index (κ3) is 3.29. The fraction of sp³-hybridized carbons (Fsp3) is 0.500. The lowest BCUT2D eigenvalue weighted by Gasteiger charge is -2.37. The molecule has 2 rings (SSSR count). The van der Waals surface area contributed by atoms with Gasteiger partial charge in [0.2, 0.25) is 0 Å². The van der Waals surface area contributed by atoms with Crippen LogP contribution in [0.2, 0.25) is 0 Å². The van der Waals surface area contributed by atoms with E-state index in [0.717, 1.165) is 25.3 Å².